The molecule has 0 amide bonds. The molecule has 0 spiro atoms. The minimum absolute atomic E-state index is 0.0208. The van der Waals surface area contributed by atoms with Crippen LogP contribution in [0, 0.1) is 0 Å². The van der Waals surface area contributed by atoms with Gasteiger partial charge in [0, 0.05) is 41.5 Å². The molecule has 34 heavy (non-hydrogen) atoms. The Bertz CT molecular complexity index is 1170. The molecular weight excluding hydrogens is 430 g/mol. The van der Waals surface area contributed by atoms with E-state index in [-0.39, 0.29) is 17.9 Å². The lowest BCUT2D eigenvalue weighted by molar-refractivity contribution is -0.141. The maximum Gasteiger partial charge on any atom is 0.306 e. The Morgan fingerprint density at radius 3 is 2.82 bits per heavy atom. The van der Waals surface area contributed by atoms with Crippen LogP contribution in [0.5, 0.6) is 11.5 Å². The van der Waals surface area contributed by atoms with E-state index in [1.165, 1.54) is 7.11 Å². The molecule has 7 heteroatoms. The zero-order valence-electron chi connectivity index (χ0n) is 19.5. The van der Waals surface area contributed by atoms with E-state index in [2.05, 4.69) is 40.3 Å². The number of pyridine rings is 1. The molecule has 2 aromatic carbocycles. The van der Waals surface area contributed by atoms with Crippen LogP contribution in [0.2, 0.25) is 0 Å². The molecule has 2 aliphatic heterocycles. The van der Waals surface area contributed by atoms with E-state index in [0.29, 0.717) is 19.6 Å². The summed E-state index contributed by atoms with van der Waals surface area (Å²) in [4.78, 5) is 18.5. The number of carbonyl (C=O) groups excluding carboxylic acids is 1. The van der Waals surface area contributed by atoms with Gasteiger partial charge in [0.1, 0.15) is 23.9 Å². The fourth-order valence-corrected chi connectivity index (χ4v) is 4.68. The Kier molecular flexibility index (Phi) is 6.25. The summed E-state index contributed by atoms with van der Waals surface area (Å²) in [6.45, 7) is 4.05. The van der Waals surface area contributed by atoms with Crippen molar-refractivity contribution in [2.75, 3.05) is 37.1 Å². The number of aromatic nitrogens is 1. The molecule has 0 bridgehead atoms. The quantitative estimate of drug-likeness (QED) is 0.463. The van der Waals surface area contributed by atoms with Crippen LogP contribution in [0.15, 0.2) is 60.8 Å². The van der Waals surface area contributed by atoms with Gasteiger partial charge in [-0.1, -0.05) is 31.2 Å². The van der Waals surface area contributed by atoms with E-state index >= 15 is 0 Å². The third-order valence-corrected chi connectivity index (χ3v) is 6.33. The van der Waals surface area contributed by atoms with Gasteiger partial charge in [0.2, 0.25) is 0 Å². The maximum atomic E-state index is 11.7. The van der Waals surface area contributed by atoms with Crippen molar-refractivity contribution in [3.8, 4) is 11.5 Å². The highest BCUT2D eigenvalue weighted by molar-refractivity contribution is 5.72. The minimum Gasteiger partial charge on any atom is -0.493 e. The van der Waals surface area contributed by atoms with Crippen LogP contribution in [0.3, 0.4) is 0 Å². The molecule has 3 heterocycles. The van der Waals surface area contributed by atoms with Crippen LogP contribution < -0.4 is 19.7 Å². The fourth-order valence-electron chi connectivity index (χ4n) is 4.68. The number of para-hydroxylation sites is 1. The molecule has 0 radical (unpaired) electrons. The molecule has 5 rings (SSSR count). The van der Waals surface area contributed by atoms with E-state index in [1.54, 1.807) is 0 Å². The molecule has 0 saturated heterocycles. The first-order valence-electron chi connectivity index (χ1n) is 11.7. The van der Waals surface area contributed by atoms with Crippen LogP contribution in [0.25, 0.3) is 0 Å². The Hall–Kier alpha value is -3.74. The lowest BCUT2D eigenvalue weighted by Crippen LogP contribution is -2.19. The maximum absolute atomic E-state index is 11.7. The van der Waals surface area contributed by atoms with Crippen LogP contribution in [0.4, 0.5) is 17.2 Å². The van der Waals surface area contributed by atoms with Gasteiger partial charge in [0.05, 0.1) is 31.9 Å². The number of nitrogens with one attached hydrogen (secondary N) is 1. The van der Waals surface area contributed by atoms with Gasteiger partial charge < -0.3 is 24.4 Å². The van der Waals surface area contributed by atoms with E-state index in [0.717, 1.165) is 52.8 Å². The Morgan fingerprint density at radius 1 is 1.12 bits per heavy atom. The summed E-state index contributed by atoms with van der Waals surface area (Å²) in [5, 5.41) is 3.60. The first-order chi connectivity index (χ1) is 16.7. The minimum atomic E-state index is -0.220. The molecule has 7 nitrogen and oxygen atoms in total. The highest BCUT2D eigenvalue weighted by Gasteiger charge is 2.30. The van der Waals surface area contributed by atoms with Gasteiger partial charge >= 0.3 is 5.97 Å². The number of carbonyl (C=O) groups is 1. The topological polar surface area (TPSA) is 72.9 Å². The Labute approximate surface area is 199 Å². The second-order valence-electron chi connectivity index (χ2n) is 8.58. The fraction of sp³-hybridized carbons (Fsp3) is 0.333. The van der Waals surface area contributed by atoms with Crippen molar-refractivity contribution in [3.63, 3.8) is 0 Å². The second kappa shape index (κ2) is 9.63. The van der Waals surface area contributed by atoms with Crippen molar-refractivity contribution >= 4 is 23.2 Å². The van der Waals surface area contributed by atoms with Gasteiger partial charge in [-0.25, -0.2) is 4.98 Å². The zero-order chi connectivity index (χ0) is 23.5. The monoisotopic (exact) mass is 459 g/mol. The van der Waals surface area contributed by atoms with Crippen molar-refractivity contribution in [2.45, 2.75) is 31.7 Å². The van der Waals surface area contributed by atoms with Crippen LogP contribution >= 0.6 is 0 Å². The first kappa shape index (κ1) is 22.1. The highest BCUT2D eigenvalue weighted by Crippen LogP contribution is 2.44. The number of esters is 1. The van der Waals surface area contributed by atoms with Crippen molar-refractivity contribution in [3.05, 3.63) is 71.9 Å². The Balaban J connectivity index is 1.37. The van der Waals surface area contributed by atoms with Gasteiger partial charge in [0.25, 0.3) is 0 Å². The molecule has 2 atom stereocenters. The summed E-state index contributed by atoms with van der Waals surface area (Å²) in [6.07, 6.45) is 3.14. The molecule has 176 valence electrons. The number of nitrogens with zero attached hydrogens (tertiary/aromatic N) is 2. The van der Waals surface area contributed by atoms with Crippen molar-refractivity contribution < 1.29 is 19.0 Å². The number of rotatable bonds is 8. The number of hydrogen-bond acceptors (Lipinski definition) is 7. The molecule has 2 aliphatic rings. The molecule has 1 N–H and O–H groups in total. The summed E-state index contributed by atoms with van der Waals surface area (Å²) >= 11 is 0. The number of anilines is 3. The van der Waals surface area contributed by atoms with Gasteiger partial charge in [0.15, 0.2) is 0 Å². The first-order valence-corrected chi connectivity index (χ1v) is 11.7. The van der Waals surface area contributed by atoms with E-state index in [1.807, 2.05) is 42.6 Å². The van der Waals surface area contributed by atoms with Gasteiger partial charge in [-0.05, 0) is 30.7 Å². The van der Waals surface area contributed by atoms with Crippen LogP contribution in [-0.4, -0.2) is 37.8 Å². The molecule has 1 aromatic heterocycles. The van der Waals surface area contributed by atoms with Crippen LogP contribution in [-0.2, 0) is 9.53 Å². The summed E-state index contributed by atoms with van der Waals surface area (Å²) in [5.41, 5.74) is 4.16. The van der Waals surface area contributed by atoms with Crippen LogP contribution in [0.1, 0.15) is 42.9 Å². The summed E-state index contributed by atoms with van der Waals surface area (Å²) < 4.78 is 16.9. The summed E-state index contributed by atoms with van der Waals surface area (Å²) in [5.74, 6) is 2.44. The third-order valence-electron chi connectivity index (χ3n) is 6.33. The summed E-state index contributed by atoms with van der Waals surface area (Å²) in [7, 11) is 1.41. The SMILES string of the molecule is CCCN(c1ccccn1)c1cccc2c1OC[C@H]2Nc1ccc2c(c1)OC[C@H]2CC(=O)OC. The summed E-state index contributed by atoms with van der Waals surface area (Å²) in [6, 6.07) is 18.3. The number of hydrogen-bond donors (Lipinski definition) is 1. The van der Waals surface area contributed by atoms with Crippen molar-refractivity contribution in [2.24, 2.45) is 0 Å². The van der Waals surface area contributed by atoms with Gasteiger partial charge in [-0.2, -0.15) is 0 Å². The second-order valence-corrected chi connectivity index (χ2v) is 8.58. The third kappa shape index (κ3) is 4.25. The molecule has 0 aliphatic carbocycles. The average Bonchev–Trinajstić information content (AvgIpc) is 3.47. The smallest absolute Gasteiger partial charge is 0.306 e. The van der Waals surface area contributed by atoms with Crippen molar-refractivity contribution in [1.29, 1.82) is 0 Å². The molecular formula is C27H29N3O4. The molecule has 0 unspecified atom stereocenters. The average molecular weight is 460 g/mol. The molecule has 0 fully saturated rings. The largest absolute Gasteiger partial charge is 0.493 e. The predicted molar refractivity (Wildman–Crippen MR) is 131 cm³/mol. The number of ether oxygens (including phenoxy) is 3. The van der Waals surface area contributed by atoms with Gasteiger partial charge in [-0.3, -0.25) is 4.79 Å². The lowest BCUT2D eigenvalue weighted by Gasteiger charge is -2.25. The highest BCUT2D eigenvalue weighted by atomic mass is 16.5. The predicted octanol–water partition coefficient (Wildman–Crippen LogP) is 5.21. The zero-order valence-corrected chi connectivity index (χ0v) is 19.5. The number of fused-ring (bicyclic) bond motifs is 2. The normalized spacial score (nSPS) is 17.8. The van der Waals surface area contributed by atoms with E-state index in [9.17, 15) is 4.79 Å². The Morgan fingerprint density at radius 2 is 2.03 bits per heavy atom. The number of methoxy groups -OCH3 is 1. The number of benzene rings is 2. The molecule has 3 aromatic rings. The molecule has 0 saturated carbocycles. The van der Waals surface area contributed by atoms with Gasteiger partial charge in [-0.15, -0.1) is 0 Å². The van der Waals surface area contributed by atoms with Crippen molar-refractivity contribution in [1.82, 2.24) is 4.98 Å². The van der Waals surface area contributed by atoms with E-state index in [4.69, 9.17) is 14.2 Å². The lowest BCUT2D eigenvalue weighted by atomic mass is 9.97. The standard InChI is InChI=1S/C27H29N3O4/c1-3-13-30(25-9-4-5-12-28-25)23-8-6-7-21-22(17-34-27(21)23)29-19-10-11-20-18(14-26(31)32-2)16-33-24(20)15-19/h4-12,15,18,22,29H,3,13-14,16-17H2,1-2H3/t18-,22-/m1/s1. The van der Waals surface area contributed by atoms with E-state index < -0.39 is 0 Å².